The second kappa shape index (κ2) is 10.5. The lowest BCUT2D eigenvalue weighted by Crippen LogP contribution is -2.47. The molecule has 2 aromatic carbocycles. The number of ether oxygens (including phenoxy) is 2. The topological polar surface area (TPSA) is 114 Å². The summed E-state index contributed by atoms with van der Waals surface area (Å²) < 4.78 is 36.2. The molecule has 0 fully saturated rings. The van der Waals surface area contributed by atoms with Crippen molar-refractivity contribution in [2.24, 2.45) is 5.92 Å². The molecule has 0 aliphatic rings. The van der Waals surface area contributed by atoms with Crippen molar-refractivity contribution < 1.29 is 27.5 Å². The maximum absolute atomic E-state index is 12.9. The van der Waals surface area contributed by atoms with Crippen molar-refractivity contribution in [2.75, 3.05) is 33.6 Å². The normalized spacial score (nSPS) is 12.4. The number of rotatable bonds is 9. The van der Waals surface area contributed by atoms with Crippen LogP contribution in [0.25, 0.3) is 0 Å². The highest BCUT2D eigenvalue weighted by Gasteiger charge is 2.26. The number of nitrogens with one attached hydrogen (secondary N) is 2. The van der Waals surface area contributed by atoms with Crippen LogP contribution < -0.4 is 20.1 Å². The molecule has 174 valence electrons. The number of carbonyl (C=O) groups is 2. The average molecular weight is 464 g/mol. The molecule has 0 aromatic heterocycles. The van der Waals surface area contributed by atoms with Gasteiger partial charge in [0.2, 0.25) is 15.9 Å². The molecule has 0 saturated heterocycles. The molecule has 32 heavy (non-hydrogen) atoms. The third-order valence-corrected chi connectivity index (χ3v) is 6.54. The van der Waals surface area contributed by atoms with E-state index in [2.05, 4.69) is 10.6 Å². The third-order valence-electron chi connectivity index (χ3n) is 4.73. The van der Waals surface area contributed by atoms with Gasteiger partial charge >= 0.3 is 0 Å². The van der Waals surface area contributed by atoms with E-state index < -0.39 is 27.9 Å². The highest BCUT2D eigenvalue weighted by atomic mass is 32.2. The molecule has 0 aliphatic heterocycles. The van der Waals surface area contributed by atoms with Crippen LogP contribution in [-0.4, -0.2) is 58.9 Å². The predicted molar refractivity (Wildman–Crippen MR) is 122 cm³/mol. The Bertz CT molecular complexity index is 1060. The molecule has 2 amide bonds. The van der Waals surface area contributed by atoms with E-state index in [1.807, 2.05) is 0 Å². The van der Waals surface area contributed by atoms with Gasteiger partial charge in [-0.1, -0.05) is 19.9 Å². The Morgan fingerprint density at radius 3 is 2.06 bits per heavy atom. The minimum absolute atomic E-state index is 0.0499. The van der Waals surface area contributed by atoms with Crippen molar-refractivity contribution in [3.05, 3.63) is 48.0 Å². The lowest BCUT2D eigenvalue weighted by atomic mass is 10.0. The van der Waals surface area contributed by atoms with Gasteiger partial charge in [-0.25, -0.2) is 12.7 Å². The summed E-state index contributed by atoms with van der Waals surface area (Å²) in [6.45, 7) is 3.59. The highest BCUT2D eigenvalue weighted by molar-refractivity contribution is 7.89. The summed E-state index contributed by atoms with van der Waals surface area (Å²) in [5, 5.41) is 5.42. The van der Waals surface area contributed by atoms with Gasteiger partial charge < -0.3 is 20.1 Å². The lowest BCUT2D eigenvalue weighted by molar-refractivity contribution is -0.118. The van der Waals surface area contributed by atoms with Crippen molar-refractivity contribution >= 4 is 27.5 Å². The Labute approximate surface area is 188 Å². The van der Waals surface area contributed by atoms with E-state index in [1.54, 1.807) is 38.1 Å². The second-order valence-corrected chi connectivity index (χ2v) is 9.75. The van der Waals surface area contributed by atoms with Crippen LogP contribution in [0.4, 0.5) is 5.69 Å². The molecule has 0 bridgehead atoms. The van der Waals surface area contributed by atoms with Gasteiger partial charge in [0.05, 0.1) is 19.1 Å². The fourth-order valence-corrected chi connectivity index (χ4v) is 3.81. The number of anilines is 1. The van der Waals surface area contributed by atoms with Gasteiger partial charge in [0.1, 0.15) is 17.5 Å². The Balaban J connectivity index is 2.23. The zero-order chi connectivity index (χ0) is 24.1. The van der Waals surface area contributed by atoms with Gasteiger partial charge in [-0.3, -0.25) is 9.59 Å². The molecule has 0 spiro atoms. The minimum Gasteiger partial charge on any atom is -0.497 e. The third kappa shape index (κ3) is 5.98. The minimum atomic E-state index is -3.65. The summed E-state index contributed by atoms with van der Waals surface area (Å²) in [6.07, 6.45) is 0. The highest BCUT2D eigenvalue weighted by Crippen LogP contribution is 2.23. The number of hydrogen-bond acceptors (Lipinski definition) is 6. The number of hydrogen-bond donors (Lipinski definition) is 2. The Morgan fingerprint density at radius 2 is 1.56 bits per heavy atom. The number of methoxy groups -OCH3 is 2. The lowest BCUT2D eigenvalue weighted by Gasteiger charge is -2.22. The molecule has 0 saturated carbocycles. The summed E-state index contributed by atoms with van der Waals surface area (Å²) in [4.78, 5) is 25.8. The SMILES string of the molecule is COc1cc(OC)cc(C(=O)NC(C(=O)Nc2cccc(S(=O)(=O)N(C)C)c2)C(C)C)c1. The maximum atomic E-state index is 12.9. The molecule has 10 heteroatoms. The van der Waals surface area contributed by atoms with Gasteiger partial charge in [0, 0.05) is 31.4 Å². The zero-order valence-electron chi connectivity index (χ0n) is 19.0. The Kier molecular flexibility index (Phi) is 8.23. The van der Waals surface area contributed by atoms with Crippen LogP contribution in [0, 0.1) is 5.92 Å². The Hall–Kier alpha value is -3.11. The fraction of sp³-hybridized carbons (Fsp3) is 0.364. The molecular weight excluding hydrogens is 434 g/mol. The first-order chi connectivity index (χ1) is 15.0. The number of amides is 2. The van der Waals surface area contributed by atoms with E-state index in [0.717, 1.165) is 4.31 Å². The van der Waals surface area contributed by atoms with E-state index in [0.29, 0.717) is 17.2 Å². The smallest absolute Gasteiger partial charge is 0.252 e. The first-order valence-corrected chi connectivity index (χ1v) is 11.3. The van der Waals surface area contributed by atoms with E-state index in [4.69, 9.17) is 9.47 Å². The van der Waals surface area contributed by atoms with Gasteiger partial charge in [0.25, 0.3) is 5.91 Å². The Morgan fingerprint density at radius 1 is 0.969 bits per heavy atom. The monoisotopic (exact) mass is 463 g/mol. The van der Waals surface area contributed by atoms with Crippen LogP contribution in [0.3, 0.4) is 0 Å². The summed E-state index contributed by atoms with van der Waals surface area (Å²) in [6, 6.07) is 9.80. The standard InChI is InChI=1S/C22H29N3O6S/c1-14(2)20(24-21(26)15-10-17(30-5)13-18(11-15)31-6)22(27)23-16-8-7-9-19(12-16)32(28,29)25(3)4/h7-14,20H,1-6H3,(H,23,27)(H,24,26). The van der Waals surface area contributed by atoms with Gasteiger partial charge in [-0.15, -0.1) is 0 Å². The van der Waals surface area contributed by atoms with Crippen molar-refractivity contribution in [3.8, 4) is 11.5 Å². The molecule has 0 aliphatic carbocycles. The van der Waals surface area contributed by atoms with Crippen molar-refractivity contribution in [1.29, 1.82) is 0 Å². The summed E-state index contributed by atoms with van der Waals surface area (Å²) in [5.74, 6) is -0.291. The number of nitrogens with zero attached hydrogens (tertiary/aromatic N) is 1. The van der Waals surface area contributed by atoms with Crippen LogP contribution in [-0.2, 0) is 14.8 Å². The molecule has 1 atom stereocenters. The molecule has 2 N–H and O–H groups in total. The molecule has 2 rings (SSSR count). The summed E-state index contributed by atoms with van der Waals surface area (Å²) in [5.41, 5.74) is 0.583. The van der Waals surface area contributed by atoms with E-state index in [9.17, 15) is 18.0 Å². The number of carbonyl (C=O) groups excluding carboxylic acids is 2. The summed E-state index contributed by atoms with van der Waals surface area (Å²) >= 11 is 0. The zero-order valence-corrected chi connectivity index (χ0v) is 19.8. The largest absolute Gasteiger partial charge is 0.497 e. The van der Waals surface area contributed by atoms with Crippen molar-refractivity contribution in [2.45, 2.75) is 24.8 Å². The number of benzene rings is 2. The molecule has 2 aromatic rings. The van der Waals surface area contributed by atoms with Crippen LogP contribution in [0.1, 0.15) is 24.2 Å². The second-order valence-electron chi connectivity index (χ2n) is 7.60. The molecule has 0 heterocycles. The molecule has 0 radical (unpaired) electrons. The van der Waals surface area contributed by atoms with Gasteiger partial charge in [0.15, 0.2) is 0 Å². The number of sulfonamides is 1. The first kappa shape index (κ1) is 25.2. The maximum Gasteiger partial charge on any atom is 0.252 e. The van der Waals surface area contributed by atoms with E-state index in [1.165, 1.54) is 46.5 Å². The predicted octanol–water partition coefficient (Wildman–Crippen LogP) is 2.35. The van der Waals surface area contributed by atoms with Crippen LogP contribution in [0.15, 0.2) is 47.4 Å². The summed E-state index contributed by atoms with van der Waals surface area (Å²) in [7, 11) is 2.16. The molecule has 9 nitrogen and oxygen atoms in total. The van der Waals surface area contributed by atoms with Crippen molar-refractivity contribution in [1.82, 2.24) is 9.62 Å². The van der Waals surface area contributed by atoms with Gasteiger partial charge in [-0.2, -0.15) is 0 Å². The van der Waals surface area contributed by atoms with E-state index >= 15 is 0 Å². The quantitative estimate of drug-likeness (QED) is 0.590. The van der Waals surface area contributed by atoms with Crippen LogP contribution in [0.5, 0.6) is 11.5 Å². The van der Waals surface area contributed by atoms with Crippen molar-refractivity contribution in [3.63, 3.8) is 0 Å². The average Bonchev–Trinajstić information content (AvgIpc) is 2.76. The molecule has 1 unspecified atom stereocenters. The first-order valence-electron chi connectivity index (χ1n) is 9.87. The van der Waals surface area contributed by atoms with Crippen LogP contribution in [0.2, 0.25) is 0 Å². The van der Waals surface area contributed by atoms with Gasteiger partial charge in [-0.05, 0) is 36.2 Å². The fourth-order valence-electron chi connectivity index (χ4n) is 2.86. The van der Waals surface area contributed by atoms with Crippen LogP contribution >= 0.6 is 0 Å². The van der Waals surface area contributed by atoms with E-state index in [-0.39, 0.29) is 16.4 Å². The molecular formula is C22H29N3O6S.